The fraction of sp³-hybridized carbons (Fsp3) is 0.500. The molecule has 1 amide bonds. The summed E-state index contributed by atoms with van der Waals surface area (Å²) in [6, 6.07) is 16.9. The van der Waals surface area contributed by atoms with Crippen molar-refractivity contribution in [1.29, 1.82) is 0 Å². The molecule has 1 atom stereocenters. The van der Waals surface area contributed by atoms with Crippen LogP contribution in [-0.2, 0) is 6.42 Å². The molecule has 2 aromatic carbocycles. The maximum absolute atomic E-state index is 12.7. The highest BCUT2D eigenvalue weighted by molar-refractivity contribution is 5.95. The quantitative estimate of drug-likeness (QED) is 0.457. The van der Waals surface area contributed by atoms with E-state index >= 15 is 0 Å². The summed E-state index contributed by atoms with van der Waals surface area (Å²) in [4.78, 5) is 14.5. The Morgan fingerprint density at radius 2 is 1.55 bits per heavy atom. The summed E-state index contributed by atoms with van der Waals surface area (Å²) in [6.07, 6.45) is 6.80. The number of fused-ring (bicyclic) bond motifs is 1. The van der Waals surface area contributed by atoms with Gasteiger partial charge in [0.2, 0.25) is 0 Å². The first-order valence-corrected chi connectivity index (χ1v) is 13.0. The van der Waals surface area contributed by atoms with Gasteiger partial charge in [-0.3, -0.25) is 4.79 Å². The minimum atomic E-state index is 0.102. The summed E-state index contributed by atoms with van der Waals surface area (Å²) < 4.78 is 0. The molecule has 3 rings (SSSR count). The van der Waals surface area contributed by atoms with Crippen molar-refractivity contribution in [2.24, 2.45) is 11.1 Å². The number of nitrogens with zero attached hydrogens (tertiary/aromatic N) is 1. The number of rotatable bonds is 8. The highest BCUT2D eigenvalue weighted by atomic mass is 16.2. The molecule has 182 valence electrons. The Hall–Kier alpha value is -2.39. The van der Waals surface area contributed by atoms with Crippen LogP contribution in [0.1, 0.15) is 94.8 Å². The predicted molar refractivity (Wildman–Crippen MR) is 145 cm³/mol. The minimum Gasteiger partial charge on any atom is -0.339 e. The summed E-state index contributed by atoms with van der Waals surface area (Å²) in [5, 5.41) is 0. The van der Waals surface area contributed by atoms with E-state index in [4.69, 9.17) is 5.73 Å². The first kappa shape index (κ1) is 28.6. The van der Waals surface area contributed by atoms with Crippen molar-refractivity contribution in [3.8, 4) is 0 Å². The second-order valence-corrected chi connectivity index (χ2v) is 8.05. The average molecular weight is 451 g/mol. The minimum absolute atomic E-state index is 0.102. The second kappa shape index (κ2) is 14.7. The molecule has 0 fully saturated rings. The van der Waals surface area contributed by atoms with Gasteiger partial charge in [0.05, 0.1) is 0 Å². The second-order valence-electron chi connectivity index (χ2n) is 8.05. The summed E-state index contributed by atoms with van der Waals surface area (Å²) in [7, 11) is 0. The topological polar surface area (TPSA) is 46.3 Å². The van der Waals surface area contributed by atoms with E-state index in [1.54, 1.807) is 0 Å². The molecular formula is C30H46N2O. The van der Waals surface area contributed by atoms with Crippen LogP contribution >= 0.6 is 0 Å². The summed E-state index contributed by atoms with van der Waals surface area (Å²) >= 11 is 0. The highest BCUT2D eigenvalue weighted by Crippen LogP contribution is 2.44. The number of allylic oxidation sites excluding steroid dienone is 1. The molecule has 0 bridgehead atoms. The standard InChI is InChI=1S/C26H34N2O.2C2H6/c1-4-26(16-9-17-27)18-22-10-7-8-11-23(22)24(19-26)20-12-14-21(15-13-20)25(29)28(5-2)6-3;2*1-2/h7-8,10-15,19H,4-6,9,16-18,27H2,1-3H3;2*1-2H3. The molecule has 0 spiro atoms. The molecule has 1 aliphatic carbocycles. The SMILES string of the molecule is CC.CC.CCN(CC)C(=O)c1ccc(C2=CC(CC)(CCCN)Cc3ccccc32)cc1. The van der Waals surface area contributed by atoms with Crippen molar-refractivity contribution < 1.29 is 4.79 Å². The zero-order valence-corrected chi connectivity index (χ0v) is 22.1. The lowest BCUT2D eigenvalue weighted by molar-refractivity contribution is 0.0773. The number of carbonyl (C=O) groups is 1. The summed E-state index contributed by atoms with van der Waals surface area (Å²) in [6.45, 7) is 16.5. The van der Waals surface area contributed by atoms with Gasteiger partial charge in [-0.05, 0) is 85.9 Å². The van der Waals surface area contributed by atoms with Crippen LogP contribution in [0.25, 0.3) is 5.57 Å². The Balaban J connectivity index is 0.00000129. The lowest BCUT2D eigenvalue weighted by Gasteiger charge is -2.36. The van der Waals surface area contributed by atoms with Gasteiger partial charge in [-0.2, -0.15) is 0 Å². The number of nitrogens with two attached hydrogens (primary N) is 1. The van der Waals surface area contributed by atoms with Crippen molar-refractivity contribution >= 4 is 11.5 Å². The average Bonchev–Trinajstić information content (AvgIpc) is 2.90. The van der Waals surface area contributed by atoms with E-state index < -0.39 is 0 Å². The monoisotopic (exact) mass is 450 g/mol. The van der Waals surface area contributed by atoms with Gasteiger partial charge in [0.15, 0.2) is 0 Å². The van der Waals surface area contributed by atoms with Crippen molar-refractivity contribution in [3.63, 3.8) is 0 Å². The van der Waals surface area contributed by atoms with Crippen molar-refractivity contribution in [1.82, 2.24) is 4.90 Å². The Morgan fingerprint density at radius 1 is 0.939 bits per heavy atom. The van der Waals surface area contributed by atoms with Crippen LogP contribution in [-0.4, -0.2) is 30.4 Å². The molecular weight excluding hydrogens is 404 g/mol. The van der Waals surface area contributed by atoms with Gasteiger partial charge < -0.3 is 10.6 Å². The van der Waals surface area contributed by atoms with Crippen molar-refractivity contribution in [2.45, 2.75) is 74.1 Å². The first-order chi connectivity index (χ1) is 16.1. The third-order valence-corrected chi connectivity index (χ3v) is 6.38. The van der Waals surface area contributed by atoms with E-state index in [0.29, 0.717) is 0 Å². The van der Waals surface area contributed by atoms with E-state index in [1.165, 1.54) is 22.3 Å². The Labute approximate surface area is 203 Å². The third kappa shape index (κ3) is 7.04. The molecule has 0 saturated carbocycles. The number of amides is 1. The van der Waals surface area contributed by atoms with E-state index in [1.807, 2.05) is 58.6 Å². The van der Waals surface area contributed by atoms with Crippen LogP contribution in [0.2, 0.25) is 0 Å². The van der Waals surface area contributed by atoms with Gasteiger partial charge in [-0.1, -0.05) is 77.1 Å². The van der Waals surface area contributed by atoms with E-state index in [9.17, 15) is 4.79 Å². The van der Waals surface area contributed by atoms with Gasteiger partial charge in [0.25, 0.3) is 5.91 Å². The first-order valence-electron chi connectivity index (χ1n) is 13.0. The molecule has 0 heterocycles. The molecule has 3 nitrogen and oxygen atoms in total. The zero-order valence-electron chi connectivity index (χ0n) is 22.1. The zero-order chi connectivity index (χ0) is 24.9. The maximum Gasteiger partial charge on any atom is 0.253 e. The van der Waals surface area contributed by atoms with Crippen LogP contribution in [0.5, 0.6) is 0 Å². The fourth-order valence-corrected chi connectivity index (χ4v) is 4.49. The van der Waals surface area contributed by atoms with Gasteiger partial charge >= 0.3 is 0 Å². The number of hydrogen-bond acceptors (Lipinski definition) is 2. The largest absolute Gasteiger partial charge is 0.339 e. The summed E-state index contributed by atoms with van der Waals surface area (Å²) in [5.41, 5.74) is 11.9. The number of benzene rings is 2. The van der Waals surface area contributed by atoms with E-state index in [2.05, 4.69) is 49.4 Å². The Bertz CT molecular complexity index is 865. The third-order valence-electron chi connectivity index (χ3n) is 6.38. The molecule has 33 heavy (non-hydrogen) atoms. The van der Waals surface area contributed by atoms with Crippen molar-refractivity contribution in [2.75, 3.05) is 19.6 Å². The molecule has 0 aromatic heterocycles. The smallest absolute Gasteiger partial charge is 0.253 e. The Kier molecular flexibility index (Phi) is 12.8. The van der Waals surface area contributed by atoms with Crippen LogP contribution in [0.4, 0.5) is 0 Å². The predicted octanol–water partition coefficient (Wildman–Crippen LogP) is 7.34. The number of hydrogen-bond donors (Lipinski definition) is 1. The molecule has 1 aliphatic rings. The van der Waals surface area contributed by atoms with Gasteiger partial charge in [-0.25, -0.2) is 0 Å². The van der Waals surface area contributed by atoms with E-state index in [0.717, 1.165) is 50.9 Å². The van der Waals surface area contributed by atoms with Crippen molar-refractivity contribution in [3.05, 3.63) is 76.9 Å². The molecule has 3 heteroatoms. The Morgan fingerprint density at radius 3 is 2.09 bits per heavy atom. The lowest BCUT2D eigenvalue weighted by atomic mass is 9.68. The van der Waals surface area contributed by atoms with Crippen LogP contribution in [0, 0.1) is 5.41 Å². The van der Waals surface area contributed by atoms with Gasteiger partial charge in [-0.15, -0.1) is 0 Å². The normalized spacial score (nSPS) is 16.3. The lowest BCUT2D eigenvalue weighted by Crippen LogP contribution is -2.30. The highest BCUT2D eigenvalue weighted by Gasteiger charge is 2.32. The molecule has 2 N–H and O–H groups in total. The maximum atomic E-state index is 12.7. The molecule has 0 saturated heterocycles. The van der Waals surface area contributed by atoms with Gasteiger partial charge in [0.1, 0.15) is 0 Å². The molecule has 0 radical (unpaired) electrons. The number of carbonyl (C=O) groups excluding carboxylic acids is 1. The molecule has 2 aromatic rings. The fourth-order valence-electron chi connectivity index (χ4n) is 4.49. The van der Waals surface area contributed by atoms with Crippen LogP contribution in [0.15, 0.2) is 54.6 Å². The molecule has 0 aliphatic heterocycles. The van der Waals surface area contributed by atoms with Gasteiger partial charge in [0, 0.05) is 18.7 Å². The summed E-state index contributed by atoms with van der Waals surface area (Å²) in [5.74, 6) is 0.102. The van der Waals surface area contributed by atoms with Crippen LogP contribution < -0.4 is 5.73 Å². The van der Waals surface area contributed by atoms with E-state index in [-0.39, 0.29) is 11.3 Å². The van der Waals surface area contributed by atoms with Crippen LogP contribution in [0.3, 0.4) is 0 Å². The molecule has 1 unspecified atom stereocenters.